The smallest absolute Gasteiger partial charge is 0.137 e. The SMILES string of the molecule is [2H]C1(c2ccc3c(c2)C2(c4ccccc4-c4ccc(N(c5ccc6c(c5)oc5ccccc56)c5ccccc5-c5ccccc5)cc42)c2cc(C4([2H])CCCC4)ccc2-3)CCCC1. The Hall–Kier alpha value is -6.64. The summed E-state index contributed by atoms with van der Waals surface area (Å²) < 4.78 is 26.2. The van der Waals surface area contributed by atoms with E-state index >= 15 is 0 Å². The van der Waals surface area contributed by atoms with Crippen molar-refractivity contribution in [2.75, 3.05) is 4.90 Å². The molecule has 0 amide bonds. The Morgan fingerprint density at radius 2 is 0.951 bits per heavy atom. The second-order valence-electron chi connectivity index (χ2n) is 17.7. The fourth-order valence-corrected chi connectivity index (χ4v) is 11.7. The van der Waals surface area contributed by atoms with Crippen LogP contribution in [0.4, 0.5) is 17.1 Å². The molecule has 2 nitrogen and oxygen atoms in total. The van der Waals surface area contributed by atoms with E-state index in [0.29, 0.717) is 0 Å². The summed E-state index contributed by atoms with van der Waals surface area (Å²) in [7, 11) is 0. The molecule has 61 heavy (non-hydrogen) atoms. The molecule has 4 aliphatic carbocycles. The van der Waals surface area contributed by atoms with E-state index in [9.17, 15) is 2.74 Å². The van der Waals surface area contributed by atoms with Crippen molar-refractivity contribution in [3.05, 3.63) is 209 Å². The van der Waals surface area contributed by atoms with Crippen molar-refractivity contribution < 1.29 is 7.16 Å². The summed E-state index contributed by atoms with van der Waals surface area (Å²) in [5.41, 5.74) is 18.8. The average molecular weight is 788 g/mol. The van der Waals surface area contributed by atoms with Crippen LogP contribution in [0.1, 0.15) is 99.3 Å². The minimum Gasteiger partial charge on any atom is -0.456 e. The first kappa shape index (κ1) is 33.1. The molecule has 0 unspecified atom stereocenters. The molecule has 2 saturated carbocycles. The molecule has 1 aromatic heterocycles. The first-order valence-corrected chi connectivity index (χ1v) is 22.3. The van der Waals surface area contributed by atoms with Crippen LogP contribution < -0.4 is 4.90 Å². The predicted octanol–water partition coefficient (Wildman–Crippen LogP) is 16.4. The van der Waals surface area contributed by atoms with Crippen LogP contribution in [0.2, 0.25) is 0 Å². The third-order valence-corrected chi connectivity index (χ3v) is 14.5. The van der Waals surface area contributed by atoms with Crippen LogP contribution in [-0.2, 0) is 5.41 Å². The van der Waals surface area contributed by atoms with Crippen LogP contribution in [0.25, 0.3) is 55.3 Å². The van der Waals surface area contributed by atoms with Gasteiger partial charge in [-0.2, -0.15) is 0 Å². The van der Waals surface area contributed by atoms with Crippen molar-refractivity contribution >= 4 is 39.0 Å². The van der Waals surface area contributed by atoms with Gasteiger partial charge in [0, 0.05) is 36.5 Å². The van der Waals surface area contributed by atoms with Gasteiger partial charge >= 0.3 is 0 Å². The summed E-state index contributed by atoms with van der Waals surface area (Å²) in [6.07, 6.45) is 7.93. The Morgan fingerprint density at radius 1 is 0.426 bits per heavy atom. The van der Waals surface area contributed by atoms with E-state index in [-0.39, 0.29) is 0 Å². The number of benzene rings is 8. The summed E-state index contributed by atoms with van der Waals surface area (Å²) in [5, 5.41) is 2.22. The minimum absolute atomic E-state index is 0.596. The number of nitrogens with zero attached hydrogens (tertiary/aromatic N) is 1. The molecule has 4 aliphatic rings. The highest BCUT2D eigenvalue weighted by molar-refractivity contribution is 6.06. The van der Waals surface area contributed by atoms with E-state index in [0.717, 1.165) is 113 Å². The van der Waals surface area contributed by atoms with Gasteiger partial charge < -0.3 is 9.32 Å². The number of rotatable bonds is 6. The van der Waals surface area contributed by atoms with Crippen LogP contribution in [-0.4, -0.2) is 0 Å². The van der Waals surface area contributed by atoms with Crippen molar-refractivity contribution in [1.29, 1.82) is 0 Å². The molecule has 0 radical (unpaired) electrons. The van der Waals surface area contributed by atoms with Gasteiger partial charge in [-0.05, 0) is 135 Å². The molecule has 13 rings (SSSR count). The van der Waals surface area contributed by atoms with Gasteiger partial charge in [-0.3, -0.25) is 0 Å². The average Bonchev–Trinajstić information content (AvgIpc) is 4.17. The van der Waals surface area contributed by atoms with Gasteiger partial charge in [0.2, 0.25) is 0 Å². The highest BCUT2D eigenvalue weighted by atomic mass is 16.3. The Kier molecular flexibility index (Phi) is 7.44. The summed E-state index contributed by atoms with van der Waals surface area (Å²) >= 11 is 0. The summed E-state index contributed by atoms with van der Waals surface area (Å²) in [4.78, 5) is 2.42. The predicted molar refractivity (Wildman–Crippen MR) is 253 cm³/mol. The van der Waals surface area contributed by atoms with Gasteiger partial charge in [-0.1, -0.05) is 159 Å². The number of anilines is 3. The van der Waals surface area contributed by atoms with E-state index in [2.05, 4.69) is 169 Å². The molecule has 2 heteroatoms. The van der Waals surface area contributed by atoms with Gasteiger partial charge in [0.1, 0.15) is 11.2 Å². The van der Waals surface area contributed by atoms with E-state index < -0.39 is 17.2 Å². The minimum atomic E-state index is -0.643. The van der Waals surface area contributed by atoms with Gasteiger partial charge in [0.15, 0.2) is 0 Å². The number of hydrogen-bond acceptors (Lipinski definition) is 2. The quantitative estimate of drug-likeness (QED) is 0.167. The maximum absolute atomic E-state index is 9.79. The Balaban J connectivity index is 1.10. The van der Waals surface area contributed by atoms with Crippen molar-refractivity contribution in [3.8, 4) is 33.4 Å². The van der Waals surface area contributed by atoms with Crippen LogP contribution >= 0.6 is 0 Å². The van der Waals surface area contributed by atoms with Crippen LogP contribution in [0.15, 0.2) is 180 Å². The Labute approximate surface area is 360 Å². The fraction of sp³-hybridized carbons (Fsp3) is 0.186. The number of fused-ring (bicyclic) bond motifs is 13. The lowest BCUT2D eigenvalue weighted by atomic mass is 9.69. The summed E-state index contributed by atoms with van der Waals surface area (Å²) in [6, 6.07) is 64.6. The molecule has 2 fully saturated rings. The normalized spacial score (nSPS) is 17.8. The lowest BCUT2D eigenvalue weighted by Crippen LogP contribution is -2.26. The lowest BCUT2D eigenvalue weighted by Gasteiger charge is -2.33. The molecule has 9 aromatic rings. The van der Waals surface area contributed by atoms with Crippen LogP contribution in [0.3, 0.4) is 0 Å². The maximum Gasteiger partial charge on any atom is 0.137 e. The largest absolute Gasteiger partial charge is 0.456 e. The second kappa shape index (κ2) is 13.7. The molecule has 1 spiro atoms. The molecule has 294 valence electrons. The highest BCUT2D eigenvalue weighted by Crippen LogP contribution is 2.64. The van der Waals surface area contributed by atoms with Crippen LogP contribution in [0.5, 0.6) is 0 Å². The third kappa shape index (κ3) is 5.21. The molecular formula is C59H47NO. The molecular weight excluding hydrogens is 739 g/mol. The Bertz CT molecular complexity index is 3220. The molecule has 0 atom stereocenters. The lowest BCUT2D eigenvalue weighted by molar-refractivity contribution is 0.669. The first-order chi connectivity index (χ1) is 30.9. The standard InChI is InChI=1S/C59H47NO/c1-2-18-40(19-3-1)45-20-9-12-24-56(45)60(44-29-33-51-50-22-10-13-25-57(50)61-58(51)37-44)43-28-32-49-46-21-8-11-23-52(46)59(55(49)36-43)53-34-41(38-14-4-5-15-38)26-30-47(53)48-31-27-42(35-54(48)59)39-16-6-7-17-39/h1-3,8-13,18-39H,4-7,14-17H2/i38D,39D. The number of hydrogen-bond donors (Lipinski definition) is 0. The first-order valence-electron chi connectivity index (χ1n) is 23.3. The summed E-state index contributed by atoms with van der Waals surface area (Å²) in [5.74, 6) is -1.19. The molecule has 0 saturated heterocycles. The third-order valence-electron chi connectivity index (χ3n) is 14.5. The molecule has 0 bridgehead atoms. The zero-order valence-corrected chi connectivity index (χ0v) is 34.3. The molecule has 0 aliphatic heterocycles. The van der Waals surface area contributed by atoms with Crippen molar-refractivity contribution in [2.45, 2.75) is 68.6 Å². The van der Waals surface area contributed by atoms with E-state index in [4.69, 9.17) is 4.42 Å². The second-order valence-corrected chi connectivity index (χ2v) is 17.7. The Morgan fingerprint density at radius 3 is 1.67 bits per heavy atom. The van der Waals surface area contributed by atoms with Gasteiger partial charge in [0.05, 0.1) is 11.1 Å². The fourth-order valence-electron chi connectivity index (χ4n) is 11.7. The topological polar surface area (TPSA) is 16.4 Å². The maximum atomic E-state index is 9.79. The highest BCUT2D eigenvalue weighted by Gasteiger charge is 2.52. The van der Waals surface area contributed by atoms with Crippen molar-refractivity contribution in [1.82, 2.24) is 0 Å². The molecule has 0 N–H and O–H groups in total. The van der Waals surface area contributed by atoms with Crippen molar-refractivity contribution in [2.24, 2.45) is 0 Å². The van der Waals surface area contributed by atoms with Gasteiger partial charge in [0.25, 0.3) is 0 Å². The van der Waals surface area contributed by atoms with Gasteiger partial charge in [-0.25, -0.2) is 0 Å². The summed E-state index contributed by atoms with van der Waals surface area (Å²) in [6.45, 7) is 0. The van der Waals surface area contributed by atoms with E-state index in [1.165, 1.54) is 44.5 Å². The van der Waals surface area contributed by atoms with E-state index in [1.54, 1.807) is 0 Å². The van der Waals surface area contributed by atoms with E-state index in [1.807, 2.05) is 12.1 Å². The van der Waals surface area contributed by atoms with Crippen molar-refractivity contribution in [3.63, 3.8) is 0 Å². The number of furan rings is 1. The molecule has 1 heterocycles. The number of para-hydroxylation sites is 2. The molecule has 8 aromatic carbocycles. The zero-order valence-electron chi connectivity index (χ0n) is 36.3. The zero-order chi connectivity index (χ0) is 41.9. The monoisotopic (exact) mass is 787 g/mol. The van der Waals surface area contributed by atoms with Crippen LogP contribution in [0, 0.1) is 0 Å². The van der Waals surface area contributed by atoms with Gasteiger partial charge in [-0.15, -0.1) is 0 Å².